The molecule has 0 spiro atoms. The van der Waals surface area contributed by atoms with E-state index in [4.69, 9.17) is 5.73 Å². The van der Waals surface area contributed by atoms with Gasteiger partial charge >= 0.3 is 0 Å². The molecule has 108 valence electrons. The summed E-state index contributed by atoms with van der Waals surface area (Å²) in [4.78, 5) is 17.7. The van der Waals surface area contributed by atoms with Crippen molar-refractivity contribution in [1.82, 2.24) is 10.2 Å². The molecule has 1 saturated heterocycles. The highest BCUT2D eigenvalue weighted by Crippen LogP contribution is 2.31. The zero-order chi connectivity index (χ0) is 13.7. The number of primary amides is 1. The van der Waals surface area contributed by atoms with E-state index < -0.39 is 0 Å². The standard InChI is InChI=1S/C14H26N4O/c1-16-14(17-7-6-11-4-5-11)18-8-2-3-12(10-18)9-13(15)19/h11-12H,2-10H2,1H3,(H2,15,19)(H,16,17). The first-order valence-electron chi connectivity index (χ1n) is 7.43. The van der Waals surface area contributed by atoms with Gasteiger partial charge in [0.05, 0.1) is 0 Å². The molecular weight excluding hydrogens is 240 g/mol. The zero-order valence-electron chi connectivity index (χ0n) is 11.9. The maximum absolute atomic E-state index is 11.0. The Balaban J connectivity index is 1.77. The topological polar surface area (TPSA) is 70.7 Å². The molecule has 0 aromatic heterocycles. The number of carbonyl (C=O) groups excluding carboxylic acids is 1. The van der Waals surface area contributed by atoms with Crippen LogP contribution in [0.5, 0.6) is 0 Å². The molecule has 1 unspecified atom stereocenters. The summed E-state index contributed by atoms with van der Waals surface area (Å²) in [6, 6.07) is 0. The molecule has 2 fully saturated rings. The highest BCUT2D eigenvalue weighted by atomic mass is 16.1. The molecule has 2 rings (SSSR count). The van der Waals surface area contributed by atoms with Crippen LogP contribution >= 0.6 is 0 Å². The number of piperidine rings is 1. The molecule has 1 saturated carbocycles. The lowest BCUT2D eigenvalue weighted by molar-refractivity contribution is -0.119. The Morgan fingerprint density at radius 1 is 1.37 bits per heavy atom. The summed E-state index contributed by atoms with van der Waals surface area (Å²) in [5.74, 6) is 2.11. The second kappa shape index (κ2) is 6.78. The summed E-state index contributed by atoms with van der Waals surface area (Å²) in [5, 5.41) is 3.44. The first kappa shape index (κ1) is 14.2. The third kappa shape index (κ3) is 4.73. The summed E-state index contributed by atoms with van der Waals surface area (Å²) < 4.78 is 0. The molecule has 1 atom stereocenters. The minimum Gasteiger partial charge on any atom is -0.370 e. The number of guanidine groups is 1. The number of carbonyl (C=O) groups is 1. The number of likely N-dealkylation sites (tertiary alicyclic amines) is 1. The van der Waals surface area contributed by atoms with Crippen molar-refractivity contribution in [1.29, 1.82) is 0 Å². The summed E-state index contributed by atoms with van der Waals surface area (Å²) in [6.45, 7) is 2.93. The van der Waals surface area contributed by atoms with Gasteiger partial charge in [0.15, 0.2) is 5.96 Å². The second-order valence-electron chi connectivity index (χ2n) is 5.83. The van der Waals surface area contributed by atoms with Crippen LogP contribution < -0.4 is 11.1 Å². The average Bonchev–Trinajstić information content (AvgIpc) is 3.18. The van der Waals surface area contributed by atoms with Gasteiger partial charge in [-0.3, -0.25) is 9.79 Å². The van der Waals surface area contributed by atoms with Gasteiger partial charge in [-0.2, -0.15) is 0 Å². The van der Waals surface area contributed by atoms with Crippen LogP contribution in [0.4, 0.5) is 0 Å². The number of rotatable bonds is 5. The van der Waals surface area contributed by atoms with E-state index >= 15 is 0 Å². The van der Waals surface area contributed by atoms with Crippen molar-refractivity contribution in [2.75, 3.05) is 26.7 Å². The number of amides is 1. The maximum atomic E-state index is 11.0. The second-order valence-corrected chi connectivity index (χ2v) is 5.83. The Morgan fingerprint density at radius 3 is 2.79 bits per heavy atom. The van der Waals surface area contributed by atoms with E-state index in [1.165, 1.54) is 19.3 Å². The van der Waals surface area contributed by atoms with Crippen molar-refractivity contribution in [2.24, 2.45) is 22.6 Å². The van der Waals surface area contributed by atoms with Crippen LogP contribution in [0.1, 0.15) is 38.5 Å². The highest BCUT2D eigenvalue weighted by molar-refractivity contribution is 5.80. The number of nitrogens with two attached hydrogens (primary N) is 1. The van der Waals surface area contributed by atoms with Crippen molar-refractivity contribution >= 4 is 11.9 Å². The molecule has 0 aromatic rings. The summed E-state index contributed by atoms with van der Waals surface area (Å²) in [6.07, 6.45) is 6.74. The van der Waals surface area contributed by atoms with Gasteiger partial charge in [-0.25, -0.2) is 0 Å². The van der Waals surface area contributed by atoms with Crippen LogP contribution in [0.2, 0.25) is 0 Å². The maximum Gasteiger partial charge on any atom is 0.217 e. The van der Waals surface area contributed by atoms with Crippen LogP contribution in [0.15, 0.2) is 4.99 Å². The molecule has 1 aliphatic carbocycles. The monoisotopic (exact) mass is 266 g/mol. The van der Waals surface area contributed by atoms with Gasteiger partial charge in [-0.05, 0) is 31.1 Å². The molecule has 1 aliphatic heterocycles. The summed E-state index contributed by atoms with van der Waals surface area (Å²) in [5.41, 5.74) is 5.29. The fraction of sp³-hybridized carbons (Fsp3) is 0.857. The van der Waals surface area contributed by atoms with Gasteiger partial charge < -0.3 is 16.0 Å². The van der Waals surface area contributed by atoms with E-state index in [9.17, 15) is 4.79 Å². The van der Waals surface area contributed by atoms with Crippen molar-refractivity contribution in [3.63, 3.8) is 0 Å². The molecule has 0 bridgehead atoms. The van der Waals surface area contributed by atoms with Crippen LogP contribution in [-0.2, 0) is 4.79 Å². The SMILES string of the molecule is CN=C(NCCC1CC1)N1CCCC(CC(N)=O)C1. The molecule has 5 nitrogen and oxygen atoms in total. The Labute approximate surface area is 115 Å². The van der Waals surface area contributed by atoms with Crippen LogP contribution in [0.3, 0.4) is 0 Å². The molecular formula is C14H26N4O. The van der Waals surface area contributed by atoms with Crippen molar-refractivity contribution in [3.05, 3.63) is 0 Å². The van der Waals surface area contributed by atoms with Gasteiger partial charge in [0.1, 0.15) is 0 Å². The molecule has 1 heterocycles. The molecule has 19 heavy (non-hydrogen) atoms. The van der Waals surface area contributed by atoms with E-state index in [-0.39, 0.29) is 5.91 Å². The van der Waals surface area contributed by atoms with Gasteiger partial charge in [0, 0.05) is 33.1 Å². The zero-order valence-corrected chi connectivity index (χ0v) is 11.9. The summed E-state index contributed by atoms with van der Waals surface area (Å²) >= 11 is 0. The minimum atomic E-state index is -0.191. The van der Waals surface area contributed by atoms with E-state index in [0.29, 0.717) is 12.3 Å². The van der Waals surface area contributed by atoms with Crippen molar-refractivity contribution < 1.29 is 4.79 Å². The van der Waals surface area contributed by atoms with Crippen molar-refractivity contribution in [2.45, 2.75) is 38.5 Å². The van der Waals surface area contributed by atoms with E-state index in [0.717, 1.165) is 44.4 Å². The number of nitrogens with zero attached hydrogens (tertiary/aromatic N) is 2. The van der Waals surface area contributed by atoms with Gasteiger partial charge in [-0.1, -0.05) is 12.8 Å². The van der Waals surface area contributed by atoms with Crippen LogP contribution in [-0.4, -0.2) is 43.4 Å². The minimum absolute atomic E-state index is 0.191. The fourth-order valence-corrected chi connectivity index (χ4v) is 2.84. The smallest absolute Gasteiger partial charge is 0.217 e. The predicted molar refractivity (Wildman–Crippen MR) is 76.8 cm³/mol. The molecule has 1 amide bonds. The number of hydrogen-bond donors (Lipinski definition) is 2. The van der Waals surface area contributed by atoms with Gasteiger partial charge in [-0.15, -0.1) is 0 Å². The molecule has 0 radical (unpaired) electrons. The Kier molecular flexibility index (Phi) is 5.05. The number of nitrogens with one attached hydrogen (secondary N) is 1. The Morgan fingerprint density at radius 2 is 2.16 bits per heavy atom. The third-order valence-corrected chi connectivity index (χ3v) is 4.05. The molecule has 2 aliphatic rings. The van der Waals surface area contributed by atoms with Crippen molar-refractivity contribution in [3.8, 4) is 0 Å². The van der Waals surface area contributed by atoms with E-state index in [1.54, 1.807) is 0 Å². The van der Waals surface area contributed by atoms with E-state index in [2.05, 4.69) is 15.2 Å². The van der Waals surface area contributed by atoms with Gasteiger partial charge in [0.2, 0.25) is 5.91 Å². The fourth-order valence-electron chi connectivity index (χ4n) is 2.84. The number of aliphatic imine (C=N–C) groups is 1. The molecule has 0 aromatic carbocycles. The predicted octanol–water partition coefficient (Wildman–Crippen LogP) is 0.949. The van der Waals surface area contributed by atoms with E-state index in [1.807, 2.05) is 7.05 Å². The van der Waals surface area contributed by atoms with Crippen LogP contribution in [0, 0.1) is 11.8 Å². The quantitative estimate of drug-likeness (QED) is 0.575. The lowest BCUT2D eigenvalue weighted by Crippen LogP contribution is -2.47. The Bertz CT molecular complexity index is 338. The molecule has 5 heteroatoms. The highest BCUT2D eigenvalue weighted by Gasteiger charge is 2.24. The third-order valence-electron chi connectivity index (χ3n) is 4.05. The lowest BCUT2D eigenvalue weighted by atomic mass is 9.95. The largest absolute Gasteiger partial charge is 0.370 e. The lowest BCUT2D eigenvalue weighted by Gasteiger charge is -2.34. The summed E-state index contributed by atoms with van der Waals surface area (Å²) in [7, 11) is 1.83. The molecule has 3 N–H and O–H groups in total. The first-order chi connectivity index (χ1) is 9.19. The number of hydrogen-bond acceptors (Lipinski definition) is 2. The Hall–Kier alpha value is -1.26. The van der Waals surface area contributed by atoms with Gasteiger partial charge in [0.25, 0.3) is 0 Å². The van der Waals surface area contributed by atoms with Crippen LogP contribution in [0.25, 0.3) is 0 Å². The normalized spacial score (nSPS) is 24.4. The average molecular weight is 266 g/mol. The first-order valence-corrected chi connectivity index (χ1v) is 7.43.